The van der Waals surface area contributed by atoms with E-state index in [4.69, 9.17) is 0 Å². The van der Waals surface area contributed by atoms with Crippen molar-refractivity contribution in [2.24, 2.45) is 0 Å². The summed E-state index contributed by atoms with van der Waals surface area (Å²) in [5.41, 5.74) is 5.44. The van der Waals surface area contributed by atoms with Crippen molar-refractivity contribution < 1.29 is 4.79 Å². The van der Waals surface area contributed by atoms with Crippen molar-refractivity contribution in [2.75, 3.05) is 7.05 Å². The molecule has 3 heteroatoms. The van der Waals surface area contributed by atoms with Crippen molar-refractivity contribution in [3.05, 3.63) is 71.8 Å². The summed E-state index contributed by atoms with van der Waals surface area (Å²) in [7, 11) is 1.78. The summed E-state index contributed by atoms with van der Waals surface area (Å²) >= 11 is 0. The molecule has 0 saturated carbocycles. The molecule has 1 heterocycles. The summed E-state index contributed by atoms with van der Waals surface area (Å²) in [6, 6.07) is 20.1. The number of hydrogen-bond donors (Lipinski definition) is 1. The average Bonchev–Trinajstić information content (AvgIpc) is 2.77. The zero-order valence-corrected chi connectivity index (χ0v) is 10.8. The Balaban J connectivity index is 2.02. The predicted molar refractivity (Wildman–Crippen MR) is 74.3 cm³/mol. The third-order valence-electron chi connectivity index (χ3n) is 3.58. The van der Waals surface area contributed by atoms with Crippen molar-refractivity contribution in [3.63, 3.8) is 0 Å². The number of carbonyl (C=O) groups is 1. The van der Waals surface area contributed by atoms with Crippen LogP contribution in [0.25, 0.3) is 0 Å². The van der Waals surface area contributed by atoms with E-state index in [0.717, 1.165) is 11.1 Å². The van der Waals surface area contributed by atoms with Gasteiger partial charge in [0, 0.05) is 7.05 Å². The third-order valence-corrected chi connectivity index (χ3v) is 3.58. The van der Waals surface area contributed by atoms with Crippen LogP contribution in [-0.2, 0) is 4.79 Å². The second-order valence-corrected chi connectivity index (χ2v) is 4.80. The topological polar surface area (TPSA) is 32.3 Å². The van der Waals surface area contributed by atoms with E-state index < -0.39 is 0 Å². The molecule has 1 aliphatic rings. The van der Waals surface area contributed by atoms with Gasteiger partial charge in [0.1, 0.15) is 0 Å². The molecule has 3 rings (SSSR count). The van der Waals surface area contributed by atoms with E-state index in [-0.39, 0.29) is 17.9 Å². The van der Waals surface area contributed by atoms with E-state index in [2.05, 4.69) is 17.6 Å². The number of likely N-dealkylation sites (N-methyl/N-ethyl adjacent to an activating group) is 1. The molecule has 19 heavy (non-hydrogen) atoms. The first-order valence-electron chi connectivity index (χ1n) is 6.41. The lowest BCUT2D eigenvalue weighted by Crippen LogP contribution is -2.30. The number of nitrogens with zero attached hydrogens (tertiary/aromatic N) is 1. The lowest BCUT2D eigenvalue weighted by molar-refractivity contribution is -0.129. The second-order valence-electron chi connectivity index (χ2n) is 4.80. The maximum atomic E-state index is 12.4. The Labute approximate surface area is 112 Å². The molecule has 2 atom stereocenters. The highest BCUT2D eigenvalue weighted by molar-refractivity contribution is 5.86. The molecular weight excluding hydrogens is 236 g/mol. The fourth-order valence-corrected chi connectivity index (χ4v) is 2.62. The van der Waals surface area contributed by atoms with Crippen LogP contribution in [0.1, 0.15) is 23.1 Å². The van der Waals surface area contributed by atoms with Crippen LogP contribution in [0.3, 0.4) is 0 Å². The van der Waals surface area contributed by atoms with Crippen LogP contribution in [0.4, 0.5) is 0 Å². The third kappa shape index (κ3) is 2.13. The molecule has 2 aromatic carbocycles. The van der Waals surface area contributed by atoms with Crippen molar-refractivity contribution in [1.29, 1.82) is 0 Å². The molecule has 2 aromatic rings. The smallest absolute Gasteiger partial charge is 0.245 e. The maximum absolute atomic E-state index is 12.4. The molecule has 3 nitrogen and oxygen atoms in total. The van der Waals surface area contributed by atoms with Gasteiger partial charge in [0.15, 0.2) is 0 Å². The van der Waals surface area contributed by atoms with Crippen molar-refractivity contribution >= 4 is 5.91 Å². The van der Waals surface area contributed by atoms with E-state index in [1.807, 2.05) is 48.5 Å². The molecule has 0 aliphatic carbocycles. The van der Waals surface area contributed by atoms with Gasteiger partial charge in [-0.1, -0.05) is 60.7 Å². The van der Waals surface area contributed by atoms with Gasteiger partial charge in [-0.25, -0.2) is 5.43 Å². The highest BCUT2D eigenvalue weighted by Crippen LogP contribution is 2.36. The van der Waals surface area contributed by atoms with Crippen LogP contribution in [0, 0.1) is 0 Å². The normalized spacial score (nSPS) is 22.8. The van der Waals surface area contributed by atoms with Crippen LogP contribution in [0.15, 0.2) is 60.7 Å². The lowest BCUT2D eigenvalue weighted by Gasteiger charge is -2.17. The first-order chi connectivity index (χ1) is 9.27. The monoisotopic (exact) mass is 252 g/mol. The van der Waals surface area contributed by atoms with Gasteiger partial charge in [0.25, 0.3) is 0 Å². The summed E-state index contributed by atoms with van der Waals surface area (Å²) in [5, 5.41) is 1.59. The quantitative estimate of drug-likeness (QED) is 0.890. The molecule has 1 N–H and O–H groups in total. The van der Waals surface area contributed by atoms with Crippen molar-refractivity contribution in [2.45, 2.75) is 12.0 Å². The average molecular weight is 252 g/mol. The van der Waals surface area contributed by atoms with Gasteiger partial charge in [-0.3, -0.25) is 9.80 Å². The number of hydrazine groups is 1. The highest BCUT2D eigenvalue weighted by atomic mass is 16.2. The Bertz CT molecular complexity index is 568. The first kappa shape index (κ1) is 11.9. The largest absolute Gasteiger partial charge is 0.280 e. The summed E-state index contributed by atoms with van der Waals surface area (Å²) in [5.74, 6) is -0.0475. The van der Waals surface area contributed by atoms with Gasteiger partial charge >= 0.3 is 0 Å². The molecule has 1 fully saturated rings. The van der Waals surface area contributed by atoms with E-state index in [0.29, 0.717) is 0 Å². The minimum absolute atomic E-state index is 0.00102. The van der Waals surface area contributed by atoms with E-state index in [1.54, 1.807) is 12.1 Å². The summed E-state index contributed by atoms with van der Waals surface area (Å²) in [6.07, 6.45) is 0. The summed E-state index contributed by atoms with van der Waals surface area (Å²) in [4.78, 5) is 12.4. The lowest BCUT2D eigenvalue weighted by atomic mass is 9.88. The first-order valence-corrected chi connectivity index (χ1v) is 6.41. The SMILES string of the molecule is CN1NC(c2ccccc2)C(c2ccccc2)C1=O. The second kappa shape index (κ2) is 4.86. The Morgan fingerprint density at radius 3 is 2.00 bits per heavy atom. The summed E-state index contributed by atoms with van der Waals surface area (Å²) in [6.45, 7) is 0. The Hall–Kier alpha value is -2.13. The van der Waals surface area contributed by atoms with Gasteiger partial charge in [-0.15, -0.1) is 0 Å². The minimum atomic E-state index is -0.159. The fraction of sp³-hybridized carbons (Fsp3) is 0.188. The standard InChI is InChI=1S/C16H16N2O/c1-18-16(19)14(12-8-4-2-5-9-12)15(17-18)13-10-6-3-7-11-13/h2-11,14-15,17H,1H3. The molecule has 1 amide bonds. The minimum Gasteiger partial charge on any atom is -0.280 e. The highest BCUT2D eigenvalue weighted by Gasteiger charge is 2.40. The molecule has 2 unspecified atom stereocenters. The fourth-order valence-electron chi connectivity index (χ4n) is 2.62. The molecule has 0 aromatic heterocycles. The molecular formula is C16H16N2O. The van der Waals surface area contributed by atoms with Crippen molar-refractivity contribution in [1.82, 2.24) is 10.4 Å². The maximum Gasteiger partial charge on any atom is 0.245 e. The number of amides is 1. The Kier molecular flexibility index (Phi) is 3.05. The Morgan fingerprint density at radius 2 is 1.42 bits per heavy atom. The van der Waals surface area contributed by atoms with Crippen LogP contribution in [0.5, 0.6) is 0 Å². The Morgan fingerprint density at radius 1 is 0.895 bits per heavy atom. The van der Waals surface area contributed by atoms with Gasteiger partial charge in [-0.05, 0) is 11.1 Å². The number of benzene rings is 2. The molecule has 0 radical (unpaired) electrons. The van der Waals surface area contributed by atoms with E-state index in [9.17, 15) is 4.79 Å². The van der Waals surface area contributed by atoms with Crippen LogP contribution in [-0.4, -0.2) is 18.0 Å². The number of nitrogens with one attached hydrogen (secondary N) is 1. The van der Waals surface area contributed by atoms with E-state index >= 15 is 0 Å². The summed E-state index contributed by atoms with van der Waals surface area (Å²) < 4.78 is 0. The number of hydrogen-bond acceptors (Lipinski definition) is 2. The van der Waals surface area contributed by atoms with Gasteiger partial charge in [0.2, 0.25) is 5.91 Å². The van der Waals surface area contributed by atoms with Crippen LogP contribution < -0.4 is 5.43 Å². The van der Waals surface area contributed by atoms with E-state index in [1.165, 1.54) is 0 Å². The zero-order chi connectivity index (χ0) is 13.2. The molecule has 1 saturated heterocycles. The molecule has 96 valence electrons. The van der Waals surface area contributed by atoms with Gasteiger partial charge < -0.3 is 0 Å². The van der Waals surface area contributed by atoms with Gasteiger partial charge in [0.05, 0.1) is 12.0 Å². The van der Waals surface area contributed by atoms with Crippen LogP contribution >= 0.6 is 0 Å². The zero-order valence-electron chi connectivity index (χ0n) is 10.8. The predicted octanol–water partition coefficient (Wildman–Crippen LogP) is 2.49. The molecule has 0 spiro atoms. The van der Waals surface area contributed by atoms with Gasteiger partial charge in [-0.2, -0.15) is 0 Å². The number of rotatable bonds is 2. The molecule has 0 bridgehead atoms. The van der Waals surface area contributed by atoms with Crippen LogP contribution in [0.2, 0.25) is 0 Å². The number of carbonyl (C=O) groups excluding carboxylic acids is 1. The van der Waals surface area contributed by atoms with Crippen molar-refractivity contribution in [3.8, 4) is 0 Å². The molecule has 1 aliphatic heterocycles.